The molecule has 156 valence electrons. The Hall–Kier alpha value is -2.71. The Bertz CT molecular complexity index is 1240. The van der Waals surface area contributed by atoms with E-state index in [1.807, 2.05) is 48.6 Å². The number of nitrogens with zero attached hydrogens (tertiary/aromatic N) is 4. The average Bonchev–Trinajstić information content (AvgIpc) is 3.16. The van der Waals surface area contributed by atoms with Crippen LogP contribution < -0.4 is 5.56 Å². The van der Waals surface area contributed by atoms with Gasteiger partial charge in [0, 0.05) is 25.0 Å². The topological polar surface area (TPSA) is 61.4 Å². The van der Waals surface area contributed by atoms with Gasteiger partial charge < -0.3 is 4.74 Å². The minimum atomic E-state index is -0.264. The van der Waals surface area contributed by atoms with Crippen molar-refractivity contribution in [3.8, 4) is 0 Å². The number of aryl methyl sites for hydroxylation is 1. The summed E-state index contributed by atoms with van der Waals surface area (Å²) in [5, 5.41) is 9.94. The lowest BCUT2D eigenvalue weighted by Crippen LogP contribution is -2.24. The number of fused-ring (bicyclic) bond motifs is 3. The highest BCUT2D eigenvalue weighted by Gasteiger charge is 2.19. The second-order valence-corrected chi connectivity index (χ2v) is 8.27. The van der Waals surface area contributed by atoms with Gasteiger partial charge >= 0.3 is 0 Å². The minimum Gasteiger partial charge on any atom is -0.382 e. The number of halogens is 1. The Morgan fingerprint density at radius 1 is 1.17 bits per heavy atom. The van der Waals surface area contributed by atoms with E-state index in [-0.39, 0.29) is 16.6 Å². The Morgan fingerprint density at radius 2 is 2.00 bits per heavy atom. The zero-order valence-corrected chi connectivity index (χ0v) is 17.7. The molecule has 8 heteroatoms. The van der Waals surface area contributed by atoms with E-state index in [2.05, 4.69) is 10.2 Å². The van der Waals surface area contributed by atoms with E-state index in [9.17, 15) is 9.18 Å². The second-order valence-electron chi connectivity index (χ2n) is 6.96. The van der Waals surface area contributed by atoms with Crippen molar-refractivity contribution in [3.05, 3.63) is 70.3 Å². The zero-order valence-electron chi connectivity index (χ0n) is 16.9. The molecule has 1 unspecified atom stereocenters. The van der Waals surface area contributed by atoms with Crippen LogP contribution in [-0.4, -0.2) is 32.4 Å². The standard InChI is InChI=1S/C22H23FN4O2S/c1-3-29-13-7-12-26-20(28)18-10-4-5-11-19(18)27-21(26)24-25-22(27)30-15(2)16-8-6-9-17(23)14-16/h4-6,8-11,14-15H,3,7,12-13H2,1-2H3. The van der Waals surface area contributed by atoms with Crippen LogP contribution in [0.5, 0.6) is 0 Å². The fourth-order valence-corrected chi connectivity index (χ4v) is 4.44. The average molecular weight is 427 g/mol. The molecular weight excluding hydrogens is 403 g/mol. The first-order chi connectivity index (χ1) is 14.6. The van der Waals surface area contributed by atoms with Gasteiger partial charge in [-0.3, -0.25) is 13.8 Å². The molecule has 0 spiro atoms. The Balaban J connectivity index is 1.78. The van der Waals surface area contributed by atoms with Gasteiger partial charge in [-0.1, -0.05) is 36.0 Å². The largest absolute Gasteiger partial charge is 0.382 e. The van der Waals surface area contributed by atoms with E-state index in [0.29, 0.717) is 42.5 Å². The Morgan fingerprint density at radius 3 is 2.80 bits per heavy atom. The van der Waals surface area contributed by atoms with Gasteiger partial charge in [0.05, 0.1) is 10.9 Å². The molecule has 0 radical (unpaired) electrons. The van der Waals surface area contributed by atoms with Crippen molar-refractivity contribution in [2.45, 2.75) is 37.2 Å². The van der Waals surface area contributed by atoms with Gasteiger partial charge in [-0.2, -0.15) is 0 Å². The number of thioether (sulfide) groups is 1. The number of hydrogen-bond acceptors (Lipinski definition) is 5. The van der Waals surface area contributed by atoms with Crippen molar-refractivity contribution in [2.75, 3.05) is 13.2 Å². The highest BCUT2D eigenvalue weighted by atomic mass is 32.2. The normalized spacial score (nSPS) is 12.6. The molecule has 0 N–H and O–H groups in total. The van der Waals surface area contributed by atoms with Gasteiger partial charge in [-0.25, -0.2) is 4.39 Å². The quantitative estimate of drug-likeness (QED) is 0.307. The third kappa shape index (κ3) is 3.97. The second kappa shape index (κ2) is 8.97. The summed E-state index contributed by atoms with van der Waals surface area (Å²) in [7, 11) is 0. The number of aromatic nitrogens is 4. The predicted molar refractivity (Wildman–Crippen MR) is 117 cm³/mol. The molecule has 0 saturated carbocycles. The molecule has 0 aliphatic rings. The summed E-state index contributed by atoms with van der Waals surface area (Å²) in [4.78, 5) is 13.1. The summed E-state index contributed by atoms with van der Waals surface area (Å²) >= 11 is 1.49. The Kier molecular flexibility index (Phi) is 6.15. The van der Waals surface area contributed by atoms with Crippen LogP contribution in [0, 0.1) is 5.82 Å². The molecular formula is C22H23FN4O2S. The number of hydrogen-bond donors (Lipinski definition) is 0. The number of rotatable bonds is 8. The summed E-state index contributed by atoms with van der Waals surface area (Å²) in [5.74, 6) is 0.240. The molecule has 0 aliphatic carbocycles. The van der Waals surface area contributed by atoms with Gasteiger partial charge in [0.2, 0.25) is 5.78 Å². The van der Waals surface area contributed by atoms with Gasteiger partial charge in [0.25, 0.3) is 5.56 Å². The highest BCUT2D eigenvalue weighted by molar-refractivity contribution is 7.99. The lowest BCUT2D eigenvalue weighted by atomic mass is 10.2. The van der Waals surface area contributed by atoms with Crippen LogP contribution in [0.2, 0.25) is 0 Å². The van der Waals surface area contributed by atoms with E-state index in [1.54, 1.807) is 10.6 Å². The van der Waals surface area contributed by atoms with Crippen LogP contribution in [0.3, 0.4) is 0 Å². The molecule has 4 rings (SSSR count). The zero-order chi connectivity index (χ0) is 21.1. The number of benzene rings is 2. The lowest BCUT2D eigenvalue weighted by Gasteiger charge is -2.13. The van der Waals surface area contributed by atoms with E-state index < -0.39 is 0 Å². The van der Waals surface area contributed by atoms with Crippen molar-refractivity contribution >= 4 is 28.4 Å². The highest BCUT2D eigenvalue weighted by Crippen LogP contribution is 2.34. The SMILES string of the molecule is CCOCCCn1c(=O)c2ccccc2n2c(SC(C)c3cccc(F)c3)nnc12. The van der Waals surface area contributed by atoms with Crippen LogP contribution >= 0.6 is 11.8 Å². The molecule has 0 saturated heterocycles. The molecule has 6 nitrogen and oxygen atoms in total. The molecule has 0 fully saturated rings. The summed E-state index contributed by atoms with van der Waals surface area (Å²) in [6, 6.07) is 14.0. The maximum absolute atomic E-state index is 13.6. The first-order valence-corrected chi connectivity index (χ1v) is 10.8. The molecule has 30 heavy (non-hydrogen) atoms. The molecule has 2 aromatic carbocycles. The first kappa shape index (κ1) is 20.6. The van der Waals surface area contributed by atoms with Gasteiger partial charge in [-0.05, 0) is 50.1 Å². The maximum Gasteiger partial charge on any atom is 0.262 e. The molecule has 0 amide bonds. The summed E-state index contributed by atoms with van der Waals surface area (Å²) in [6.07, 6.45) is 0.705. The lowest BCUT2D eigenvalue weighted by molar-refractivity contribution is 0.141. The van der Waals surface area contributed by atoms with E-state index in [1.165, 1.54) is 23.9 Å². The number of para-hydroxylation sites is 1. The third-order valence-electron chi connectivity index (χ3n) is 4.95. The fraction of sp³-hybridized carbons (Fsp3) is 0.318. The fourth-order valence-electron chi connectivity index (χ4n) is 3.47. The van der Waals surface area contributed by atoms with Gasteiger partial charge in [0.1, 0.15) is 5.82 Å². The van der Waals surface area contributed by atoms with Crippen LogP contribution in [0.4, 0.5) is 4.39 Å². The monoisotopic (exact) mass is 426 g/mol. The summed E-state index contributed by atoms with van der Waals surface area (Å²) < 4.78 is 22.6. The first-order valence-electron chi connectivity index (χ1n) is 9.96. The molecule has 0 bridgehead atoms. The van der Waals surface area contributed by atoms with Crippen molar-refractivity contribution in [1.82, 2.24) is 19.2 Å². The van der Waals surface area contributed by atoms with Crippen molar-refractivity contribution < 1.29 is 9.13 Å². The van der Waals surface area contributed by atoms with Crippen molar-refractivity contribution in [2.24, 2.45) is 0 Å². The van der Waals surface area contributed by atoms with Crippen LogP contribution in [-0.2, 0) is 11.3 Å². The third-order valence-corrected chi connectivity index (χ3v) is 6.05. The van der Waals surface area contributed by atoms with Crippen LogP contribution in [0.25, 0.3) is 16.7 Å². The van der Waals surface area contributed by atoms with E-state index in [0.717, 1.165) is 11.1 Å². The molecule has 2 aromatic heterocycles. The van der Waals surface area contributed by atoms with Gasteiger partial charge in [0.15, 0.2) is 5.16 Å². The van der Waals surface area contributed by atoms with E-state index >= 15 is 0 Å². The van der Waals surface area contributed by atoms with Gasteiger partial charge in [-0.15, -0.1) is 10.2 Å². The molecule has 0 aliphatic heterocycles. The van der Waals surface area contributed by atoms with Crippen LogP contribution in [0.1, 0.15) is 31.1 Å². The van der Waals surface area contributed by atoms with Crippen LogP contribution in [0.15, 0.2) is 58.5 Å². The molecule has 2 heterocycles. The summed E-state index contributed by atoms with van der Waals surface area (Å²) in [6.45, 7) is 5.67. The smallest absolute Gasteiger partial charge is 0.262 e. The van der Waals surface area contributed by atoms with Crippen molar-refractivity contribution in [3.63, 3.8) is 0 Å². The molecule has 4 aromatic rings. The van der Waals surface area contributed by atoms with Crippen molar-refractivity contribution in [1.29, 1.82) is 0 Å². The molecule has 1 atom stereocenters. The Labute approximate surface area is 177 Å². The maximum atomic E-state index is 13.6. The predicted octanol–water partition coefficient (Wildman–Crippen LogP) is 4.46. The van der Waals surface area contributed by atoms with E-state index in [4.69, 9.17) is 4.74 Å². The minimum absolute atomic E-state index is 0.0369. The number of ether oxygens (including phenoxy) is 1. The summed E-state index contributed by atoms with van der Waals surface area (Å²) in [5.41, 5.74) is 1.54.